The van der Waals surface area contributed by atoms with Gasteiger partial charge in [-0.25, -0.2) is 0 Å². The van der Waals surface area contributed by atoms with Crippen molar-refractivity contribution >= 4 is 0 Å². The van der Waals surface area contributed by atoms with E-state index in [1.54, 1.807) is 0 Å². The minimum atomic E-state index is 0.249. The van der Waals surface area contributed by atoms with Crippen molar-refractivity contribution in [3.63, 3.8) is 0 Å². The molecule has 3 heteroatoms. The molecule has 0 bridgehead atoms. The van der Waals surface area contributed by atoms with Gasteiger partial charge >= 0.3 is 0 Å². The molecule has 1 aliphatic carbocycles. The Morgan fingerprint density at radius 1 is 1.33 bits per heavy atom. The van der Waals surface area contributed by atoms with E-state index in [0.717, 1.165) is 19.4 Å². The molecule has 1 fully saturated rings. The molecule has 3 atom stereocenters. The van der Waals surface area contributed by atoms with E-state index in [4.69, 9.17) is 4.74 Å². The molecule has 18 heavy (non-hydrogen) atoms. The molecular weight excluding hydrogens is 224 g/mol. The summed E-state index contributed by atoms with van der Waals surface area (Å²) in [5.74, 6) is 0. The summed E-state index contributed by atoms with van der Waals surface area (Å²) in [7, 11) is 0. The van der Waals surface area contributed by atoms with Crippen LogP contribution in [0, 0.1) is 19.3 Å². The van der Waals surface area contributed by atoms with E-state index >= 15 is 0 Å². The summed E-state index contributed by atoms with van der Waals surface area (Å²) in [4.78, 5) is 0. The first kappa shape index (κ1) is 13.5. The predicted octanol–water partition coefficient (Wildman–Crippen LogP) is 3.24. The average molecular weight is 250 g/mol. The van der Waals surface area contributed by atoms with E-state index in [1.165, 1.54) is 11.4 Å². The van der Waals surface area contributed by atoms with E-state index in [2.05, 4.69) is 56.9 Å². The first-order valence-corrected chi connectivity index (χ1v) is 7.06. The van der Waals surface area contributed by atoms with Gasteiger partial charge in [0.15, 0.2) is 0 Å². The lowest BCUT2D eigenvalue weighted by Crippen LogP contribution is -2.61. The SMILES string of the molecule is CCOC1CC(Nn2c(C)ccc2C)C1(C)CC. The lowest BCUT2D eigenvalue weighted by molar-refractivity contribution is -0.112. The minimum absolute atomic E-state index is 0.249. The molecule has 1 saturated carbocycles. The number of aryl methyl sites for hydroxylation is 2. The van der Waals surface area contributed by atoms with Crippen molar-refractivity contribution in [1.82, 2.24) is 4.68 Å². The number of ether oxygens (including phenoxy) is 1. The Bertz CT molecular complexity index is 393. The number of nitrogens with one attached hydrogen (secondary N) is 1. The fourth-order valence-corrected chi connectivity index (χ4v) is 2.98. The molecule has 0 amide bonds. The predicted molar refractivity (Wildman–Crippen MR) is 75.5 cm³/mol. The van der Waals surface area contributed by atoms with Crippen LogP contribution in [0.5, 0.6) is 0 Å². The fourth-order valence-electron chi connectivity index (χ4n) is 2.98. The van der Waals surface area contributed by atoms with Crippen LogP contribution in [0.4, 0.5) is 0 Å². The van der Waals surface area contributed by atoms with Gasteiger partial charge in [-0.2, -0.15) is 0 Å². The number of rotatable bonds is 5. The molecule has 1 N–H and O–H groups in total. The average Bonchev–Trinajstić information content (AvgIpc) is 2.67. The molecule has 0 aliphatic heterocycles. The minimum Gasteiger partial charge on any atom is -0.378 e. The van der Waals surface area contributed by atoms with Gasteiger partial charge in [-0.05, 0) is 45.7 Å². The monoisotopic (exact) mass is 250 g/mol. The third kappa shape index (κ3) is 2.05. The van der Waals surface area contributed by atoms with E-state index < -0.39 is 0 Å². The van der Waals surface area contributed by atoms with Crippen molar-refractivity contribution in [2.24, 2.45) is 5.41 Å². The first-order chi connectivity index (χ1) is 8.52. The highest BCUT2D eigenvalue weighted by atomic mass is 16.5. The van der Waals surface area contributed by atoms with Crippen LogP contribution in [-0.4, -0.2) is 23.4 Å². The maximum absolute atomic E-state index is 5.84. The molecule has 3 unspecified atom stereocenters. The van der Waals surface area contributed by atoms with Gasteiger partial charge in [0.2, 0.25) is 0 Å². The number of aromatic nitrogens is 1. The molecule has 1 heterocycles. The second-order valence-electron chi connectivity index (χ2n) is 5.67. The van der Waals surface area contributed by atoms with Crippen LogP contribution >= 0.6 is 0 Å². The summed E-state index contributed by atoms with van der Waals surface area (Å²) in [6.07, 6.45) is 2.66. The van der Waals surface area contributed by atoms with E-state index in [9.17, 15) is 0 Å². The van der Waals surface area contributed by atoms with Crippen molar-refractivity contribution in [2.75, 3.05) is 12.0 Å². The van der Waals surface area contributed by atoms with Gasteiger partial charge in [-0.3, -0.25) is 4.68 Å². The third-order valence-corrected chi connectivity index (χ3v) is 4.67. The second-order valence-corrected chi connectivity index (χ2v) is 5.67. The molecule has 1 aliphatic rings. The third-order valence-electron chi connectivity index (χ3n) is 4.67. The molecule has 1 aromatic heterocycles. The maximum Gasteiger partial charge on any atom is 0.0668 e. The lowest BCUT2D eigenvalue weighted by Gasteiger charge is -2.54. The largest absolute Gasteiger partial charge is 0.378 e. The smallest absolute Gasteiger partial charge is 0.0668 e. The van der Waals surface area contributed by atoms with Gasteiger partial charge in [-0.1, -0.05) is 13.8 Å². The maximum atomic E-state index is 5.84. The molecule has 1 aromatic rings. The topological polar surface area (TPSA) is 26.2 Å². The number of nitrogens with zero attached hydrogens (tertiary/aromatic N) is 1. The zero-order valence-electron chi connectivity index (χ0n) is 12.3. The standard InChI is InChI=1S/C15H26N2O/c1-6-15(5)13(10-14(15)18-7-2)16-17-11(3)8-9-12(17)4/h8-9,13-14,16H,6-7,10H2,1-5H3. The van der Waals surface area contributed by atoms with Crippen molar-refractivity contribution < 1.29 is 4.74 Å². The van der Waals surface area contributed by atoms with Gasteiger partial charge in [0.25, 0.3) is 0 Å². The molecule has 0 radical (unpaired) electrons. The van der Waals surface area contributed by atoms with Gasteiger partial charge in [-0.15, -0.1) is 0 Å². The quantitative estimate of drug-likeness (QED) is 0.868. The van der Waals surface area contributed by atoms with Crippen LogP contribution < -0.4 is 5.43 Å². The fraction of sp³-hybridized carbons (Fsp3) is 0.733. The molecule has 0 aromatic carbocycles. The summed E-state index contributed by atoms with van der Waals surface area (Å²) < 4.78 is 8.05. The second kappa shape index (κ2) is 4.96. The Balaban J connectivity index is 2.08. The van der Waals surface area contributed by atoms with Crippen molar-refractivity contribution in [3.8, 4) is 0 Å². The molecule has 102 valence electrons. The zero-order valence-corrected chi connectivity index (χ0v) is 12.3. The molecule has 3 nitrogen and oxygen atoms in total. The van der Waals surface area contributed by atoms with Crippen LogP contribution in [0.25, 0.3) is 0 Å². The summed E-state index contributed by atoms with van der Waals surface area (Å²) >= 11 is 0. The molecular formula is C15H26N2O. The Morgan fingerprint density at radius 2 is 1.94 bits per heavy atom. The molecule has 2 rings (SSSR count). The van der Waals surface area contributed by atoms with Gasteiger partial charge in [0, 0.05) is 23.4 Å². The number of hydrogen-bond donors (Lipinski definition) is 1. The van der Waals surface area contributed by atoms with Crippen molar-refractivity contribution in [1.29, 1.82) is 0 Å². The Morgan fingerprint density at radius 3 is 2.44 bits per heavy atom. The lowest BCUT2D eigenvalue weighted by atomic mass is 9.62. The first-order valence-electron chi connectivity index (χ1n) is 7.06. The highest BCUT2D eigenvalue weighted by Crippen LogP contribution is 2.46. The summed E-state index contributed by atoms with van der Waals surface area (Å²) in [5.41, 5.74) is 6.45. The van der Waals surface area contributed by atoms with Gasteiger partial charge < -0.3 is 10.2 Å². The zero-order chi connectivity index (χ0) is 13.3. The Kier molecular flexibility index (Phi) is 3.71. The Hall–Kier alpha value is -0.960. The van der Waals surface area contributed by atoms with Crippen LogP contribution in [0.2, 0.25) is 0 Å². The molecule has 0 spiro atoms. The normalized spacial score (nSPS) is 31.2. The Labute approximate surface area is 110 Å². The van der Waals surface area contributed by atoms with E-state index in [0.29, 0.717) is 12.1 Å². The van der Waals surface area contributed by atoms with Crippen LogP contribution in [-0.2, 0) is 4.74 Å². The van der Waals surface area contributed by atoms with Crippen LogP contribution in [0.1, 0.15) is 45.0 Å². The van der Waals surface area contributed by atoms with E-state index in [1.807, 2.05) is 0 Å². The van der Waals surface area contributed by atoms with Crippen molar-refractivity contribution in [3.05, 3.63) is 23.5 Å². The summed E-state index contributed by atoms with van der Waals surface area (Å²) in [6, 6.07) is 4.82. The molecule has 0 saturated heterocycles. The van der Waals surface area contributed by atoms with Gasteiger partial charge in [0.05, 0.1) is 12.1 Å². The summed E-state index contributed by atoms with van der Waals surface area (Å²) in [5, 5.41) is 0. The van der Waals surface area contributed by atoms with Crippen molar-refractivity contribution in [2.45, 2.75) is 59.6 Å². The van der Waals surface area contributed by atoms with Crippen LogP contribution in [0.15, 0.2) is 12.1 Å². The van der Waals surface area contributed by atoms with E-state index in [-0.39, 0.29) is 5.41 Å². The van der Waals surface area contributed by atoms with Crippen LogP contribution in [0.3, 0.4) is 0 Å². The van der Waals surface area contributed by atoms with Gasteiger partial charge in [0.1, 0.15) is 0 Å². The number of hydrogen-bond acceptors (Lipinski definition) is 2. The highest BCUT2D eigenvalue weighted by molar-refractivity contribution is 5.19. The highest BCUT2D eigenvalue weighted by Gasteiger charge is 2.51. The summed E-state index contributed by atoms with van der Waals surface area (Å²) in [6.45, 7) is 11.8.